The van der Waals surface area contributed by atoms with E-state index in [9.17, 15) is 0 Å². The minimum atomic E-state index is 0.691. The molecule has 10 heteroatoms. The zero-order valence-electron chi connectivity index (χ0n) is 24.1. The van der Waals surface area contributed by atoms with Crippen molar-refractivity contribution < 1.29 is 9.47 Å². The van der Waals surface area contributed by atoms with Crippen molar-refractivity contribution >= 4 is 46.2 Å². The largest absolute Gasteiger partial charge is 0.454 e. The highest BCUT2D eigenvalue weighted by molar-refractivity contribution is 6.31. The molecule has 4 aromatic rings. The second-order valence-corrected chi connectivity index (χ2v) is 11.6. The zero-order valence-corrected chi connectivity index (χ0v) is 25.6. The molecule has 4 aliphatic rings. The third kappa shape index (κ3) is 6.12. The van der Waals surface area contributed by atoms with E-state index in [4.69, 9.17) is 42.7 Å². The van der Waals surface area contributed by atoms with Gasteiger partial charge in [-0.25, -0.2) is 9.98 Å². The Hall–Kier alpha value is -4.08. The maximum atomic E-state index is 6.20. The van der Waals surface area contributed by atoms with Crippen LogP contribution in [0.3, 0.4) is 0 Å². The summed E-state index contributed by atoms with van der Waals surface area (Å²) in [4.78, 5) is 14.3. The first-order valence-corrected chi connectivity index (χ1v) is 15.6. The summed E-state index contributed by atoms with van der Waals surface area (Å²) in [6, 6.07) is 27.1. The van der Waals surface area contributed by atoms with Crippen LogP contribution in [-0.2, 0) is 0 Å². The fourth-order valence-electron chi connectivity index (χ4n) is 5.62. The maximum absolute atomic E-state index is 6.20. The first kappa shape index (κ1) is 28.7. The lowest BCUT2D eigenvalue weighted by molar-refractivity contribution is 0.357. The van der Waals surface area contributed by atoms with Crippen LogP contribution in [0.2, 0.25) is 10.0 Å². The van der Waals surface area contributed by atoms with Crippen molar-refractivity contribution in [1.29, 1.82) is 0 Å². The van der Waals surface area contributed by atoms with Gasteiger partial charge in [0.1, 0.15) is 34.5 Å². The first-order valence-electron chi connectivity index (χ1n) is 14.8. The Morgan fingerprint density at radius 1 is 0.523 bits per heavy atom. The van der Waals surface area contributed by atoms with Crippen LogP contribution >= 0.6 is 23.2 Å². The number of nitrogens with one attached hydrogen (secondary N) is 2. The summed E-state index contributed by atoms with van der Waals surface area (Å²) in [5.74, 6) is 5.01. The van der Waals surface area contributed by atoms with Crippen LogP contribution in [0.5, 0.6) is 23.0 Å². The number of halogens is 2. The minimum Gasteiger partial charge on any atom is -0.454 e. The molecule has 0 amide bonds. The molecule has 0 saturated carbocycles. The lowest BCUT2D eigenvalue weighted by Gasteiger charge is -2.30. The molecular formula is C34H32Cl2N6O2. The summed E-state index contributed by atoms with van der Waals surface area (Å²) in [5.41, 5.74) is 3.60. The van der Waals surface area contributed by atoms with Crippen LogP contribution in [0.1, 0.15) is 11.1 Å². The molecule has 0 atom stereocenters. The van der Waals surface area contributed by atoms with Crippen LogP contribution < -0.4 is 20.1 Å². The monoisotopic (exact) mass is 626 g/mol. The van der Waals surface area contributed by atoms with Crippen LogP contribution in [0.25, 0.3) is 0 Å². The Kier molecular flexibility index (Phi) is 8.39. The molecule has 0 bridgehead atoms. The fourth-order valence-corrected chi connectivity index (χ4v) is 5.97. The highest BCUT2D eigenvalue weighted by Crippen LogP contribution is 2.40. The van der Waals surface area contributed by atoms with Crippen LogP contribution in [0, 0.1) is 0 Å². The Morgan fingerprint density at radius 2 is 0.932 bits per heavy atom. The molecule has 4 aromatic carbocycles. The van der Waals surface area contributed by atoms with Crippen molar-refractivity contribution in [2.24, 2.45) is 9.98 Å². The molecule has 8 nitrogen and oxygen atoms in total. The Morgan fingerprint density at radius 3 is 1.36 bits per heavy atom. The molecule has 0 radical (unpaired) electrons. The van der Waals surface area contributed by atoms with Gasteiger partial charge in [0.15, 0.2) is 11.5 Å². The Bertz CT molecular complexity index is 1600. The summed E-state index contributed by atoms with van der Waals surface area (Å²) >= 11 is 12.4. The second kappa shape index (κ2) is 12.9. The SMILES string of the molecule is Clc1ccc2c(c1)C(N1CCNCC1)=Nc1ccccc1O2.Clc1ccc2c(c1)C(N1CCNCC1)=Nc1ccccc1O2. The number of hydrogen-bond donors (Lipinski definition) is 2. The van der Waals surface area contributed by atoms with Crippen LogP contribution in [-0.4, -0.2) is 73.8 Å². The van der Waals surface area contributed by atoms with Gasteiger partial charge in [-0.05, 0) is 60.7 Å². The summed E-state index contributed by atoms with van der Waals surface area (Å²) in [5, 5.41) is 8.12. The highest BCUT2D eigenvalue weighted by atomic mass is 35.5. The molecule has 0 aromatic heterocycles. The molecule has 0 spiro atoms. The summed E-state index contributed by atoms with van der Waals surface area (Å²) in [7, 11) is 0. The smallest absolute Gasteiger partial charge is 0.153 e. The van der Waals surface area contributed by atoms with E-state index in [2.05, 4.69) is 20.4 Å². The van der Waals surface area contributed by atoms with Crippen molar-refractivity contribution in [2.45, 2.75) is 0 Å². The average molecular weight is 628 g/mol. The zero-order chi connectivity index (χ0) is 29.9. The van der Waals surface area contributed by atoms with E-state index in [1.54, 1.807) is 0 Å². The van der Waals surface area contributed by atoms with Gasteiger partial charge in [-0.2, -0.15) is 0 Å². The molecule has 0 unspecified atom stereocenters. The van der Waals surface area contributed by atoms with Crippen LogP contribution in [0.15, 0.2) is 94.9 Å². The number of benzene rings is 4. The van der Waals surface area contributed by atoms with E-state index >= 15 is 0 Å². The van der Waals surface area contributed by atoms with E-state index in [0.29, 0.717) is 10.0 Å². The molecule has 2 saturated heterocycles. The molecule has 4 heterocycles. The Balaban J connectivity index is 0.000000142. The molecule has 2 fully saturated rings. The second-order valence-electron chi connectivity index (χ2n) is 10.8. The van der Waals surface area contributed by atoms with E-state index in [1.165, 1.54) is 0 Å². The molecule has 44 heavy (non-hydrogen) atoms. The number of nitrogens with zero attached hydrogens (tertiary/aromatic N) is 4. The molecule has 8 rings (SSSR count). The van der Waals surface area contributed by atoms with Gasteiger partial charge < -0.3 is 29.9 Å². The maximum Gasteiger partial charge on any atom is 0.153 e. The van der Waals surface area contributed by atoms with E-state index in [0.717, 1.165) is 110 Å². The summed E-state index contributed by atoms with van der Waals surface area (Å²) < 4.78 is 12.1. The minimum absolute atomic E-state index is 0.691. The van der Waals surface area contributed by atoms with Gasteiger partial charge in [0.25, 0.3) is 0 Å². The molecule has 4 aliphatic heterocycles. The first-order chi connectivity index (χ1) is 21.6. The molecule has 224 valence electrons. The predicted octanol–water partition coefficient (Wildman–Crippen LogP) is 6.86. The number of para-hydroxylation sites is 4. The standard InChI is InChI=1S/2C17H16ClN3O/c2*18-12-5-6-15-13(11-12)17(21-9-7-19-8-10-21)20-14-3-1-2-4-16(14)22-15/h2*1-6,11,19H,7-10H2. The molecule has 0 aliphatic carbocycles. The van der Waals surface area contributed by atoms with Gasteiger partial charge in [0.05, 0.1) is 11.1 Å². The lowest BCUT2D eigenvalue weighted by atomic mass is 10.1. The van der Waals surface area contributed by atoms with Gasteiger partial charge in [0, 0.05) is 62.4 Å². The Labute approximate surface area is 266 Å². The van der Waals surface area contributed by atoms with E-state index in [1.807, 2.05) is 84.9 Å². The highest BCUT2D eigenvalue weighted by Gasteiger charge is 2.25. The predicted molar refractivity (Wildman–Crippen MR) is 177 cm³/mol. The number of amidine groups is 2. The van der Waals surface area contributed by atoms with Crippen LogP contribution in [0.4, 0.5) is 11.4 Å². The number of hydrogen-bond acceptors (Lipinski definition) is 8. The van der Waals surface area contributed by atoms with Crippen molar-refractivity contribution in [3.63, 3.8) is 0 Å². The third-order valence-corrected chi connectivity index (χ3v) is 8.29. The molecule has 2 N–H and O–H groups in total. The number of piperazine rings is 2. The summed E-state index contributed by atoms with van der Waals surface area (Å²) in [6.07, 6.45) is 0. The van der Waals surface area contributed by atoms with Crippen molar-refractivity contribution in [1.82, 2.24) is 20.4 Å². The van der Waals surface area contributed by atoms with Gasteiger partial charge in [0.2, 0.25) is 0 Å². The number of rotatable bonds is 0. The number of aliphatic imine (C=N–C) groups is 2. The van der Waals surface area contributed by atoms with Gasteiger partial charge in [-0.3, -0.25) is 0 Å². The van der Waals surface area contributed by atoms with Gasteiger partial charge in [-0.15, -0.1) is 0 Å². The van der Waals surface area contributed by atoms with Crippen molar-refractivity contribution in [3.8, 4) is 23.0 Å². The number of ether oxygens (including phenoxy) is 2. The van der Waals surface area contributed by atoms with Gasteiger partial charge >= 0.3 is 0 Å². The van der Waals surface area contributed by atoms with Crippen molar-refractivity contribution in [2.75, 3.05) is 52.4 Å². The number of fused-ring (bicyclic) bond motifs is 4. The average Bonchev–Trinajstić information content (AvgIpc) is 3.33. The van der Waals surface area contributed by atoms with E-state index < -0.39 is 0 Å². The van der Waals surface area contributed by atoms with Crippen molar-refractivity contribution in [3.05, 3.63) is 106 Å². The lowest BCUT2D eigenvalue weighted by Crippen LogP contribution is -2.46. The fraction of sp³-hybridized carbons (Fsp3) is 0.235. The normalized spacial score (nSPS) is 17.0. The quantitative estimate of drug-likeness (QED) is 0.222. The topological polar surface area (TPSA) is 73.7 Å². The molecular weight excluding hydrogens is 595 g/mol. The summed E-state index contributed by atoms with van der Waals surface area (Å²) in [6.45, 7) is 7.52. The third-order valence-electron chi connectivity index (χ3n) is 7.82. The van der Waals surface area contributed by atoms with E-state index in [-0.39, 0.29) is 0 Å². The van der Waals surface area contributed by atoms with Gasteiger partial charge in [-0.1, -0.05) is 47.5 Å².